The van der Waals surface area contributed by atoms with Crippen LogP contribution in [-0.4, -0.2) is 20.4 Å². The number of benzene rings is 14. The van der Waals surface area contributed by atoms with Gasteiger partial charge in [0, 0.05) is 103 Å². The van der Waals surface area contributed by atoms with E-state index in [1.54, 1.807) is 15.9 Å². The molecular formula is C96H76BN5S. The van der Waals surface area contributed by atoms with Gasteiger partial charge in [0.05, 0.1) is 55.4 Å². The monoisotopic (exact) mass is 1350 g/mol. The van der Waals surface area contributed by atoms with Gasteiger partial charge in [-0.15, -0.1) is 11.3 Å². The van der Waals surface area contributed by atoms with E-state index in [1.165, 1.54) is 21.9 Å². The summed E-state index contributed by atoms with van der Waals surface area (Å²) >= 11 is 1.76. The minimum atomic E-state index is -0.497. The molecule has 0 amide bonds. The van der Waals surface area contributed by atoms with Gasteiger partial charge in [0.1, 0.15) is 0 Å². The highest BCUT2D eigenvalue weighted by Crippen LogP contribution is 2.56. The molecule has 0 unspecified atom stereocenters. The standard InChI is InChI=1S/C96H76BN5S/c1-94(2,3)61-41-49-80-73(53-61)74-54-62(95(4,5)6)42-50-81(74)100(80)66-44-48-75-83(58-66)101(92-67(59-27-13-10-14-28-59)45-51-82-89(92)71-35-21-25-39-79(71)98(82)64-31-17-12-18-32-64)85-55-63(96(7,8)9)56-86-91(85)97(75)76-47-43-65(99-77-37-23-19-33-69(77)70-34-20-24-38-78(70)99)57-84(76)102(86)93-68(60-29-15-11-16-30-60)46-52-88-90(93)72-36-22-26-40-87(72)103-88/h10-58H,1-9H3/i19D,20D,23D,24D,33D,34D,37D,38D. The maximum Gasteiger partial charge on any atom is 0.252 e. The van der Waals surface area contributed by atoms with Crippen molar-refractivity contribution in [2.45, 2.75) is 78.6 Å². The zero-order valence-corrected chi connectivity index (χ0v) is 59.7. The second kappa shape index (κ2) is 22.4. The van der Waals surface area contributed by atoms with Crippen LogP contribution in [0.1, 0.15) is 90.0 Å². The van der Waals surface area contributed by atoms with Crippen molar-refractivity contribution in [3.05, 3.63) is 314 Å². The van der Waals surface area contributed by atoms with Gasteiger partial charge in [-0.25, -0.2) is 0 Å². The van der Waals surface area contributed by atoms with E-state index < -0.39 is 36.3 Å². The van der Waals surface area contributed by atoms with Crippen LogP contribution < -0.4 is 26.2 Å². The van der Waals surface area contributed by atoms with Gasteiger partial charge in [-0.05, 0) is 170 Å². The van der Waals surface area contributed by atoms with E-state index in [0.29, 0.717) is 5.69 Å². The second-order valence-electron chi connectivity index (χ2n) is 31.1. The lowest BCUT2D eigenvalue weighted by Crippen LogP contribution is -2.61. The second-order valence-corrected chi connectivity index (χ2v) is 32.1. The Hall–Kier alpha value is -11.6. The van der Waals surface area contributed by atoms with E-state index in [-0.39, 0.29) is 56.8 Å². The predicted molar refractivity (Wildman–Crippen MR) is 443 cm³/mol. The van der Waals surface area contributed by atoms with Crippen molar-refractivity contribution in [2.75, 3.05) is 9.80 Å². The maximum atomic E-state index is 9.87. The molecule has 0 N–H and O–H groups in total. The first-order valence-electron chi connectivity index (χ1n) is 39.7. The van der Waals surface area contributed by atoms with Crippen LogP contribution in [0.15, 0.2) is 297 Å². The summed E-state index contributed by atoms with van der Waals surface area (Å²) in [5.41, 5.74) is 22.6. The number of thiophene rings is 1. The Labute approximate surface area is 616 Å². The molecule has 14 aromatic carbocycles. The largest absolute Gasteiger partial charge is 0.310 e. The number of nitrogens with zero attached hydrogens (tertiary/aromatic N) is 5. The SMILES string of the molecule is [2H]c1c([2H])c([2H])c2c(c1[2H])c1c([2H])c([2H])c([2H])c([2H])c1n2-c1ccc2c(c1)N(c1c(-c3ccccc3)ccc3sc4ccccc4c13)c1cc(C(C)(C)C)cc3c1B2c1ccc(-n2c4ccc(C(C)(C)C)cc4c4cc(C(C)(C)C)ccc42)cc1N3c1c(-c2ccccc2)ccc2c1c1ccccc1n2-c1ccccc1. The molecule has 0 saturated carbocycles. The van der Waals surface area contributed by atoms with E-state index in [1.807, 2.05) is 6.07 Å². The Morgan fingerprint density at radius 3 is 1.31 bits per heavy atom. The summed E-state index contributed by atoms with van der Waals surface area (Å²) in [4.78, 5) is 5.12. The molecular weight excluding hydrogens is 1270 g/mol. The van der Waals surface area contributed by atoms with Gasteiger partial charge in [0.25, 0.3) is 6.71 Å². The minimum Gasteiger partial charge on any atom is -0.310 e. The molecule has 0 saturated heterocycles. The molecule has 0 fully saturated rings. The smallest absolute Gasteiger partial charge is 0.252 e. The summed E-state index contributed by atoms with van der Waals surface area (Å²) in [6.07, 6.45) is 0. The van der Waals surface area contributed by atoms with E-state index >= 15 is 0 Å². The van der Waals surface area contributed by atoms with Crippen LogP contribution in [0.4, 0.5) is 34.1 Å². The maximum absolute atomic E-state index is 9.87. The fraction of sp³-hybridized carbons (Fsp3) is 0.125. The lowest BCUT2D eigenvalue weighted by atomic mass is 9.33. The van der Waals surface area contributed by atoms with Gasteiger partial charge in [-0.1, -0.05) is 250 Å². The lowest BCUT2D eigenvalue weighted by molar-refractivity contribution is 0.590. The molecule has 0 aliphatic carbocycles. The molecule has 2 aliphatic heterocycles. The van der Waals surface area contributed by atoms with Crippen molar-refractivity contribution in [1.29, 1.82) is 0 Å². The number of hydrogen-bond acceptors (Lipinski definition) is 3. The van der Waals surface area contributed by atoms with Crippen molar-refractivity contribution in [2.24, 2.45) is 0 Å². The summed E-state index contributed by atoms with van der Waals surface area (Å²) in [6.45, 7) is 20.1. The summed E-state index contributed by atoms with van der Waals surface area (Å²) in [5, 5.41) is 6.73. The Morgan fingerprint density at radius 1 is 0.311 bits per heavy atom. The number of hydrogen-bond donors (Lipinski definition) is 0. The Kier molecular flexibility index (Phi) is 11.6. The lowest BCUT2D eigenvalue weighted by Gasteiger charge is -2.46. The minimum absolute atomic E-state index is 0.0182. The quantitative estimate of drug-likeness (QED) is 0.148. The van der Waals surface area contributed by atoms with Crippen molar-refractivity contribution >= 4 is 154 Å². The van der Waals surface area contributed by atoms with Crippen LogP contribution in [0.2, 0.25) is 0 Å². The van der Waals surface area contributed by atoms with E-state index in [9.17, 15) is 8.22 Å². The molecule has 494 valence electrons. The van der Waals surface area contributed by atoms with E-state index in [0.717, 1.165) is 143 Å². The van der Waals surface area contributed by atoms with Crippen molar-refractivity contribution in [1.82, 2.24) is 13.7 Å². The Balaban J connectivity index is 0.989. The number of anilines is 6. The predicted octanol–water partition coefficient (Wildman–Crippen LogP) is 24.7. The summed E-state index contributed by atoms with van der Waals surface area (Å²) in [7, 11) is 0. The van der Waals surface area contributed by atoms with Crippen molar-refractivity contribution < 1.29 is 11.0 Å². The highest BCUT2D eigenvalue weighted by molar-refractivity contribution is 7.26. The van der Waals surface area contributed by atoms with Gasteiger partial charge in [0.15, 0.2) is 0 Å². The average Bonchev–Trinajstić information content (AvgIpc) is 1.60. The average molecular weight is 1350 g/mol. The van der Waals surface area contributed by atoms with E-state index in [2.05, 4.69) is 324 Å². The summed E-state index contributed by atoms with van der Waals surface area (Å²) in [6, 6.07) is 87.8. The van der Waals surface area contributed by atoms with Crippen LogP contribution in [0.3, 0.4) is 0 Å². The summed E-state index contributed by atoms with van der Waals surface area (Å²) in [5.74, 6) is 0. The number of fused-ring (bicyclic) bond motifs is 16. The fourth-order valence-corrected chi connectivity index (χ4v) is 18.0. The molecule has 6 heterocycles. The zero-order valence-electron chi connectivity index (χ0n) is 66.9. The first-order valence-corrected chi connectivity index (χ1v) is 36.5. The van der Waals surface area contributed by atoms with Crippen LogP contribution in [0.5, 0.6) is 0 Å². The van der Waals surface area contributed by atoms with Gasteiger partial charge < -0.3 is 23.5 Å². The van der Waals surface area contributed by atoms with Crippen molar-refractivity contribution in [3.8, 4) is 39.3 Å². The molecule has 0 radical (unpaired) electrons. The topological polar surface area (TPSA) is 21.3 Å². The van der Waals surface area contributed by atoms with Crippen LogP contribution in [0, 0.1) is 0 Å². The molecule has 20 rings (SSSR count). The molecule has 0 spiro atoms. The fourth-order valence-electron chi connectivity index (χ4n) is 16.9. The van der Waals surface area contributed by atoms with Gasteiger partial charge in [-0.2, -0.15) is 0 Å². The molecule has 0 bridgehead atoms. The molecule has 5 nitrogen and oxygen atoms in total. The van der Waals surface area contributed by atoms with Crippen molar-refractivity contribution in [3.63, 3.8) is 0 Å². The number of para-hydroxylation sites is 4. The number of rotatable bonds is 7. The number of aromatic nitrogens is 3. The first-order chi connectivity index (χ1) is 53.3. The highest BCUT2D eigenvalue weighted by Gasteiger charge is 2.46. The summed E-state index contributed by atoms with van der Waals surface area (Å²) < 4.78 is 84.5. The molecule has 0 atom stereocenters. The molecule has 103 heavy (non-hydrogen) atoms. The molecule has 7 heteroatoms. The normalized spacial score (nSPS) is 14.3. The molecule has 2 aliphatic rings. The van der Waals surface area contributed by atoms with Gasteiger partial charge in [-0.3, -0.25) is 0 Å². The van der Waals surface area contributed by atoms with Gasteiger partial charge >= 0.3 is 0 Å². The Morgan fingerprint density at radius 2 is 0.757 bits per heavy atom. The third-order valence-corrected chi connectivity index (χ3v) is 23.0. The zero-order chi connectivity index (χ0) is 76.5. The highest BCUT2D eigenvalue weighted by atomic mass is 32.1. The Bertz CT molecular complexity index is 6930. The van der Waals surface area contributed by atoms with E-state index in [4.69, 9.17) is 2.74 Å². The molecule has 4 aromatic heterocycles. The van der Waals surface area contributed by atoms with Gasteiger partial charge in [0.2, 0.25) is 0 Å². The van der Waals surface area contributed by atoms with Crippen LogP contribution in [-0.2, 0) is 16.2 Å². The van der Waals surface area contributed by atoms with Crippen LogP contribution >= 0.6 is 11.3 Å². The third kappa shape index (κ3) is 9.24. The van der Waals surface area contributed by atoms with Crippen LogP contribution in [0.25, 0.3) is 125 Å². The first kappa shape index (κ1) is 53.3. The molecule has 18 aromatic rings. The third-order valence-electron chi connectivity index (χ3n) is 21.9.